The van der Waals surface area contributed by atoms with Crippen LogP contribution in [0.3, 0.4) is 0 Å². The number of nitrogens with one attached hydrogen (secondary N) is 3. The molecule has 1 aliphatic carbocycles. The summed E-state index contributed by atoms with van der Waals surface area (Å²) in [6.07, 6.45) is 4.81. The smallest absolute Gasteiger partial charge is 0.266 e. The highest BCUT2D eigenvalue weighted by molar-refractivity contribution is 5.92. The third kappa shape index (κ3) is 5.60. The van der Waals surface area contributed by atoms with Crippen molar-refractivity contribution in [1.82, 2.24) is 10.3 Å². The van der Waals surface area contributed by atoms with E-state index in [4.69, 9.17) is 5.26 Å². The van der Waals surface area contributed by atoms with Gasteiger partial charge in [-0.2, -0.15) is 5.26 Å². The SMILES string of the molecule is Cc1[nH]c(=O)c(C#N)c(C)c1CCC(=O)NCc1cccc(NC(=O)C2CCCC2)c1. The number of rotatable bonds is 7. The first-order valence-corrected chi connectivity index (χ1v) is 10.7. The number of carbonyl (C=O) groups excluding carboxylic acids is 2. The van der Waals surface area contributed by atoms with Crippen molar-refractivity contribution in [3.8, 4) is 6.07 Å². The van der Waals surface area contributed by atoms with Crippen molar-refractivity contribution in [1.29, 1.82) is 5.26 Å². The monoisotopic (exact) mass is 420 g/mol. The lowest BCUT2D eigenvalue weighted by molar-refractivity contribution is -0.121. The highest BCUT2D eigenvalue weighted by atomic mass is 16.2. The molecule has 3 rings (SSSR count). The summed E-state index contributed by atoms with van der Waals surface area (Å²) in [5.74, 6) is 0.0516. The number of hydrogen-bond donors (Lipinski definition) is 3. The Balaban J connectivity index is 1.54. The van der Waals surface area contributed by atoms with Crippen LogP contribution < -0.4 is 16.2 Å². The zero-order valence-corrected chi connectivity index (χ0v) is 18.0. The lowest BCUT2D eigenvalue weighted by atomic mass is 9.99. The maximum absolute atomic E-state index is 12.4. The Morgan fingerprint density at radius 2 is 1.97 bits per heavy atom. The van der Waals surface area contributed by atoms with E-state index >= 15 is 0 Å². The van der Waals surface area contributed by atoms with Crippen LogP contribution in [0, 0.1) is 31.1 Å². The normalized spacial score (nSPS) is 13.6. The molecule has 31 heavy (non-hydrogen) atoms. The van der Waals surface area contributed by atoms with E-state index in [1.165, 1.54) is 0 Å². The van der Waals surface area contributed by atoms with E-state index in [0.717, 1.165) is 42.5 Å². The third-order valence-corrected chi connectivity index (χ3v) is 5.93. The molecule has 1 aromatic carbocycles. The molecule has 7 heteroatoms. The van der Waals surface area contributed by atoms with Gasteiger partial charge in [0.15, 0.2) is 0 Å². The summed E-state index contributed by atoms with van der Waals surface area (Å²) in [5.41, 5.74) is 3.47. The summed E-state index contributed by atoms with van der Waals surface area (Å²) in [7, 11) is 0. The Morgan fingerprint density at radius 1 is 1.23 bits per heavy atom. The van der Waals surface area contributed by atoms with E-state index in [1.807, 2.05) is 30.3 Å². The van der Waals surface area contributed by atoms with Crippen molar-refractivity contribution in [2.75, 3.05) is 5.32 Å². The number of hydrogen-bond acceptors (Lipinski definition) is 4. The lowest BCUT2D eigenvalue weighted by Gasteiger charge is -2.12. The van der Waals surface area contributed by atoms with Crippen molar-refractivity contribution in [2.24, 2.45) is 5.92 Å². The average Bonchev–Trinajstić information content (AvgIpc) is 3.27. The predicted octanol–water partition coefficient (Wildman–Crippen LogP) is 3.24. The van der Waals surface area contributed by atoms with Crippen molar-refractivity contribution in [3.05, 3.63) is 62.6 Å². The summed E-state index contributed by atoms with van der Waals surface area (Å²) in [4.78, 5) is 39.2. The van der Waals surface area contributed by atoms with Crippen molar-refractivity contribution in [3.63, 3.8) is 0 Å². The first kappa shape index (κ1) is 22.3. The molecule has 0 bridgehead atoms. The molecule has 162 valence electrons. The molecule has 2 aromatic rings. The van der Waals surface area contributed by atoms with E-state index in [-0.39, 0.29) is 29.7 Å². The van der Waals surface area contributed by atoms with E-state index in [0.29, 0.717) is 24.2 Å². The van der Waals surface area contributed by atoms with Crippen molar-refractivity contribution in [2.45, 2.75) is 58.9 Å². The van der Waals surface area contributed by atoms with Crippen LogP contribution in [-0.2, 0) is 22.6 Å². The number of carbonyl (C=O) groups is 2. The Morgan fingerprint density at radius 3 is 2.68 bits per heavy atom. The zero-order valence-electron chi connectivity index (χ0n) is 18.0. The first-order valence-electron chi connectivity index (χ1n) is 10.7. The molecule has 1 saturated carbocycles. The maximum atomic E-state index is 12.4. The summed E-state index contributed by atoms with van der Waals surface area (Å²) >= 11 is 0. The van der Waals surface area contributed by atoms with Gasteiger partial charge in [0.1, 0.15) is 11.6 Å². The van der Waals surface area contributed by atoms with Gasteiger partial charge in [-0.15, -0.1) is 0 Å². The van der Waals surface area contributed by atoms with E-state index < -0.39 is 5.56 Å². The number of anilines is 1. The van der Waals surface area contributed by atoms with Crippen LogP contribution in [0.4, 0.5) is 5.69 Å². The average molecular weight is 421 g/mol. The number of pyridine rings is 1. The molecular weight excluding hydrogens is 392 g/mol. The van der Waals surface area contributed by atoms with Crippen LogP contribution in [0.25, 0.3) is 0 Å². The quantitative estimate of drug-likeness (QED) is 0.638. The predicted molar refractivity (Wildman–Crippen MR) is 118 cm³/mol. The fraction of sp³-hybridized carbons (Fsp3) is 0.417. The summed E-state index contributed by atoms with van der Waals surface area (Å²) in [6, 6.07) is 9.43. The molecule has 2 amide bonds. The largest absolute Gasteiger partial charge is 0.352 e. The minimum atomic E-state index is -0.398. The molecule has 1 aromatic heterocycles. The molecule has 1 aliphatic rings. The van der Waals surface area contributed by atoms with Crippen LogP contribution in [0.1, 0.15) is 60.1 Å². The van der Waals surface area contributed by atoms with Gasteiger partial charge in [0.25, 0.3) is 5.56 Å². The van der Waals surface area contributed by atoms with Gasteiger partial charge < -0.3 is 15.6 Å². The fourth-order valence-electron chi connectivity index (χ4n) is 4.14. The van der Waals surface area contributed by atoms with E-state index in [9.17, 15) is 14.4 Å². The van der Waals surface area contributed by atoms with Gasteiger partial charge in [-0.1, -0.05) is 25.0 Å². The maximum Gasteiger partial charge on any atom is 0.266 e. The van der Waals surface area contributed by atoms with Gasteiger partial charge in [0.05, 0.1) is 0 Å². The molecule has 1 fully saturated rings. The Hall–Kier alpha value is -3.40. The van der Waals surface area contributed by atoms with E-state index in [2.05, 4.69) is 15.6 Å². The molecule has 3 N–H and O–H groups in total. The van der Waals surface area contributed by atoms with Crippen LogP contribution in [0.15, 0.2) is 29.1 Å². The molecule has 0 unspecified atom stereocenters. The summed E-state index contributed by atoms with van der Waals surface area (Å²) < 4.78 is 0. The van der Waals surface area contributed by atoms with Gasteiger partial charge in [0, 0.05) is 30.3 Å². The van der Waals surface area contributed by atoms with Crippen molar-refractivity contribution < 1.29 is 9.59 Å². The number of H-pyrrole nitrogens is 1. The van der Waals surface area contributed by atoms with Crippen molar-refractivity contribution >= 4 is 17.5 Å². The molecule has 0 atom stereocenters. The van der Waals surface area contributed by atoms with Crippen LogP contribution in [0.5, 0.6) is 0 Å². The number of nitrogens with zero attached hydrogens (tertiary/aromatic N) is 1. The Kier molecular flexibility index (Phi) is 7.24. The van der Waals surface area contributed by atoms with Gasteiger partial charge >= 0.3 is 0 Å². The Labute approximate surface area is 181 Å². The highest BCUT2D eigenvalue weighted by Gasteiger charge is 2.22. The zero-order chi connectivity index (χ0) is 22.4. The van der Waals surface area contributed by atoms with Crippen LogP contribution in [-0.4, -0.2) is 16.8 Å². The summed E-state index contributed by atoms with van der Waals surface area (Å²) in [6.45, 7) is 3.87. The van der Waals surface area contributed by atoms with Gasteiger partial charge in [-0.3, -0.25) is 14.4 Å². The topological polar surface area (TPSA) is 115 Å². The minimum Gasteiger partial charge on any atom is -0.352 e. The second-order valence-corrected chi connectivity index (χ2v) is 8.12. The molecule has 0 radical (unpaired) electrons. The van der Waals surface area contributed by atoms with Gasteiger partial charge in [0.2, 0.25) is 11.8 Å². The number of aromatic nitrogens is 1. The highest BCUT2D eigenvalue weighted by Crippen LogP contribution is 2.26. The van der Waals surface area contributed by atoms with Crippen LogP contribution in [0.2, 0.25) is 0 Å². The number of aromatic amines is 1. The van der Waals surface area contributed by atoms with E-state index in [1.54, 1.807) is 13.8 Å². The Bertz CT molecular complexity index is 1080. The summed E-state index contributed by atoms with van der Waals surface area (Å²) in [5, 5.41) is 15.0. The second kappa shape index (κ2) is 10.1. The lowest BCUT2D eigenvalue weighted by Crippen LogP contribution is -2.24. The number of nitriles is 1. The molecule has 1 heterocycles. The minimum absolute atomic E-state index is 0.0714. The number of amides is 2. The van der Waals surface area contributed by atoms with Crippen LogP contribution >= 0.6 is 0 Å². The molecule has 0 aliphatic heterocycles. The fourth-order valence-corrected chi connectivity index (χ4v) is 4.14. The molecule has 7 nitrogen and oxygen atoms in total. The standard InChI is InChI=1S/C24H28N4O3/c1-15-20(16(2)27-24(31)21(15)13-25)10-11-22(29)26-14-17-6-5-9-19(12-17)28-23(30)18-7-3-4-8-18/h5-6,9,12,18H,3-4,7-8,10-11,14H2,1-2H3,(H,26,29)(H,27,31)(H,28,30). The first-order chi connectivity index (χ1) is 14.9. The van der Waals surface area contributed by atoms with Gasteiger partial charge in [-0.05, 0) is 61.9 Å². The molecular formula is C24H28N4O3. The molecule has 0 saturated heterocycles. The number of aryl methyl sites for hydroxylation is 1. The van der Waals surface area contributed by atoms with Gasteiger partial charge in [-0.25, -0.2) is 0 Å². The molecule has 0 spiro atoms. The number of benzene rings is 1. The second-order valence-electron chi connectivity index (χ2n) is 8.12. The third-order valence-electron chi connectivity index (χ3n) is 5.93.